The number of aryl methyl sites for hydroxylation is 1. The van der Waals surface area contributed by atoms with Crippen LogP contribution in [0.25, 0.3) is 0 Å². The molecule has 35 heavy (non-hydrogen) atoms. The van der Waals surface area contributed by atoms with Gasteiger partial charge in [-0.05, 0) is 56.8 Å². The minimum Gasteiger partial charge on any atom is -0.385 e. The standard InChI is InChI=1S/C24H28F2N4O3.C2H6/c1-14-7-8-16(15(25)11-14)28-21-19(17-5-4-10-30(17)23(32)20(21)26)22(31)29-12-24(33,13-29)18-6-2-3-9-27-18;1-2/h7-8,11,18,27-28,33H,2-6,9-10,12-13H2,1H3;1-2H3. The van der Waals surface area contributed by atoms with Gasteiger partial charge in [-0.3, -0.25) is 9.59 Å². The van der Waals surface area contributed by atoms with E-state index in [0.29, 0.717) is 30.6 Å². The van der Waals surface area contributed by atoms with Crippen molar-refractivity contribution in [3.8, 4) is 0 Å². The van der Waals surface area contributed by atoms with Crippen molar-refractivity contribution in [3.63, 3.8) is 0 Å². The molecule has 1 aromatic heterocycles. The Bertz CT molecular complexity index is 1170. The molecule has 1 aromatic carbocycles. The van der Waals surface area contributed by atoms with Crippen LogP contribution in [-0.4, -0.2) is 51.8 Å². The summed E-state index contributed by atoms with van der Waals surface area (Å²) < 4.78 is 31.1. The van der Waals surface area contributed by atoms with Gasteiger partial charge < -0.3 is 25.2 Å². The zero-order valence-electron chi connectivity index (χ0n) is 20.6. The Kier molecular flexibility index (Phi) is 7.28. The van der Waals surface area contributed by atoms with Gasteiger partial charge in [0.05, 0.1) is 30.0 Å². The summed E-state index contributed by atoms with van der Waals surface area (Å²) >= 11 is 0. The lowest BCUT2D eigenvalue weighted by Crippen LogP contribution is -2.72. The summed E-state index contributed by atoms with van der Waals surface area (Å²) in [5.41, 5.74) is -0.967. The Hall–Kier alpha value is -2.78. The van der Waals surface area contributed by atoms with Crippen molar-refractivity contribution in [3.05, 3.63) is 57.0 Å². The number of likely N-dealkylation sites (tertiary alicyclic amines) is 1. The third-order valence-corrected chi connectivity index (χ3v) is 7.09. The first kappa shape index (κ1) is 25.3. The van der Waals surface area contributed by atoms with Crippen molar-refractivity contribution in [2.75, 3.05) is 25.0 Å². The molecule has 7 nitrogen and oxygen atoms in total. The van der Waals surface area contributed by atoms with E-state index in [9.17, 15) is 19.1 Å². The largest absolute Gasteiger partial charge is 0.385 e. The highest BCUT2D eigenvalue weighted by atomic mass is 19.1. The van der Waals surface area contributed by atoms with Gasteiger partial charge in [0.2, 0.25) is 5.82 Å². The first-order chi connectivity index (χ1) is 16.8. The fourth-order valence-corrected chi connectivity index (χ4v) is 5.29. The zero-order chi connectivity index (χ0) is 25.3. The minimum atomic E-state index is -1.10. The van der Waals surface area contributed by atoms with Crippen LogP contribution in [0.3, 0.4) is 0 Å². The van der Waals surface area contributed by atoms with Crippen LogP contribution in [0.4, 0.5) is 20.2 Å². The van der Waals surface area contributed by atoms with Crippen molar-refractivity contribution in [1.29, 1.82) is 0 Å². The van der Waals surface area contributed by atoms with Gasteiger partial charge >= 0.3 is 0 Å². The van der Waals surface area contributed by atoms with Gasteiger partial charge in [0, 0.05) is 18.3 Å². The van der Waals surface area contributed by atoms with Crippen LogP contribution in [0.15, 0.2) is 23.0 Å². The molecule has 2 aromatic rings. The van der Waals surface area contributed by atoms with Crippen LogP contribution in [-0.2, 0) is 13.0 Å². The van der Waals surface area contributed by atoms with Crippen LogP contribution in [0.2, 0.25) is 0 Å². The normalized spacial score (nSPS) is 20.4. The molecule has 3 N–H and O–H groups in total. The maximum Gasteiger partial charge on any atom is 0.289 e. The topological polar surface area (TPSA) is 86.6 Å². The van der Waals surface area contributed by atoms with Gasteiger partial charge in [-0.1, -0.05) is 26.3 Å². The summed E-state index contributed by atoms with van der Waals surface area (Å²) in [6.45, 7) is 7.15. The SMILES string of the molecule is CC.Cc1ccc(Nc2c(C(=O)N3CC(O)(C4CCCCN4)C3)c3n(c(=O)c2F)CCC3)c(F)c1. The molecule has 5 rings (SSSR count). The number of β-amino-alcohol motifs (C(OH)–C–C–N with tert-alkyl or cyclic N) is 1. The summed E-state index contributed by atoms with van der Waals surface area (Å²) in [7, 11) is 0. The summed E-state index contributed by atoms with van der Waals surface area (Å²) in [5.74, 6) is -2.17. The van der Waals surface area contributed by atoms with E-state index in [-0.39, 0.29) is 36.1 Å². The van der Waals surface area contributed by atoms with E-state index in [0.717, 1.165) is 25.8 Å². The zero-order valence-corrected chi connectivity index (χ0v) is 20.6. The number of amides is 1. The number of nitrogens with one attached hydrogen (secondary N) is 2. The first-order valence-corrected chi connectivity index (χ1v) is 12.5. The number of halogens is 2. The maximum atomic E-state index is 15.3. The van der Waals surface area contributed by atoms with Gasteiger partial charge in [-0.15, -0.1) is 0 Å². The smallest absolute Gasteiger partial charge is 0.289 e. The average Bonchev–Trinajstić information content (AvgIpc) is 3.33. The van der Waals surface area contributed by atoms with Crippen LogP contribution in [0, 0.1) is 18.6 Å². The molecule has 190 valence electrons. The molecule has 0 aliphatic carbocycles. The van der Waals surface area contributed by atoms with Crippen molar-refractivity contribution in [2.24, 2.45) is 0 Å². The Balaban J connectivity index is 0.00000141. The number of carbonyl (C=O) groups excluding carboxylic acids is 1. The third-order valence-electron chi connectivity index (χ3n) is 7.09. The number of anilines is 2. The Morgan fingerprint density at radius 3 is 2.60 bits per heavy atom. The lowest BCUT2D eigenvalue weighted by molar-refractivity contribution is -0.108. The summed E-state index contributed by atoms with van der Waals surface area (Å²) in [4.78, 5) is 27.7. The minimum absolute atomic E-state index is 0.0117. The number of rotatable bonds is 4. The maximum absolute atomic E-state index is 15.3. The van der Waals surface area contributed by atoms with Gasteiger partial charge in [-0.25, -0.2) is 4.39 Å². The first-order valence-electron chi connectivity index (χ1n) is 12.5. The summed E-state index contributed by atoms with van der Waals surface area (Å²) in [5, 5.41) is 17.0. The molecule has 2 saturated heterocycles. The number of piperidine rings is 1. The van der Waals surface area contributed by atoms with Gasteiger partial charge in [0.25, 0.3) is 11.5 Å². The second-order valence-electron chi connectivity index (χ2n) is 9.45. The highest BCUT2D eigenvalue weighted by molar-refractivity contribution is 6.02. The molecule has 3 aliphatic heterocycles. The number of carbonyl (C=O) groups is 1. The molecule has 9 heteroatoms. The molecular weight excluding hydrogens is 454 g/mol. The molecular formula is C26H34F2N4O3. The molecule has 1 amide bonds. The van der Waals surface area contributed by atoms with Gasteiger partial charge in [-0.2, -0.15) is 4.39 Å². The number of pyridine rings is 1. The number of hydrogen-bond donors (Lipinski definition) is 3. The van der Waals surface area contributed by atoms with E-state index < -0.39 is 28.7 Å². The fraction of sp³-hybridized carbons (Fsp3) is 0.538. The fourth-order valence-electron chi connectivity index (χ4n) is 5.29. The van der Waals surface area contributed by atoms with Crippen LogP contribution in [0.1, 0.15) is 61.1 Å². The predicted octanol–water partition coefficient (Wildman–Crippen LogP) is 3.48. The number of fused-ring (bicyclic) bond motifs is 1. The molecule has 1 unspecified atom stereocenters. The highest BCUT2D eigenvalue weighted by Crippen LogP contribution is 2.35. The number of nitrogens with zero attached hydrogens (tertiary/aromatic N) is 2. The van der Waals surface area contributed by atoms with Crippen LogP contribution in [0.5, 0.6) is 0 Å². The van der Waals surface area contributed by atoms with E-state index in [1.165, 1.54) is 21.6 Å². The molecule has 4 heterocycles. The van der Waals surface area contributed by atoms with Crippen LogP contribution >= 0.6 is 0 Å². The number of hydrogen-bond acceptors (Lipinski definition) is 5. The second kappa shape index (κ2) is 10.1. The van der Waals surface area contributed by atoms with E-state index in [2.05, 4.69) is 10.6 Å². The average molecular weight is 489 g/mol. The van der Waals surface area contributed by atoms with Crippen molar-refractivity contribution < 1.29 is 18.7 Å². The van der Waals surface area contributed by atoms with E-state index in [1.54, 1.807) is 13.0 Å². The lowest BCUT2D eigenvalue weighted by Gasteiger charge is -2.51. The van der Waals surface area contributed by atoms with E-state index in [4.69, 9.17) is 0 Å². The third kappa shape index (κ3) is 4.59. The quantitative estimate of drug-likeness (QED) is 0.614. The molecule has 0 saturated carbocycles. The molecule has 2 fully saturated rings. The molecule has 0 radical (unpaired) electrons. The van der Waals surface area contributed by atoms with Crippen molar-refractivity contribution in [1.82, 2.24) is 14.8 Å². The van der Waals surface area contributed by atoms with Gasteiger partial charge in [0.1, 0.15) is 11.4 Å². The monoisotopic (exact) mass is 488 g/mol. The molecule has 0 spiro atoms. The van der Waals surface area contributed by atoms with E-state index in [1.807, 2.05) is 13.8 Å². The lowest BCUT2D eigenvalue weighted by atomic mass is 9.81. The second-order valence-corrected chi connectivity index (χ2v) is 9.45. The number of benzene rings is 1. The Morgan fingerprint density at radius 2 is 1.94 bits per heavy atom. The highest BCUT2D eigenvalue weighted by Gasteiger charge is 2.50. The number of aliphatic hydroxyl groups is 1. The van der Waals surface area contributed by atoms with Gasteiger partial charge in [0.15, 0.2) is 0 Å². The van der Waals surface area contributed by atoms with E-state index >= 15 is 4.39 Å². The predicted molar refractivity (Wildman–Crippen MR) is 131 cm³/mol. The Morgan fingerprint density at radius 1 is 1.20 bits per heavy atom. The molecule has 3 aliphatic rings. The molecule has 1 atom stereocenters. The van der Waals surface area contributed by atoms with Crippen molar-refractivity contribution >= 4 is 17.3 Å². The number of aromatic nitrogens is 1. The summed E-state index contributed by atoms with van der Waals surface area (Å²) in [6, 6.07) is 4.34. The van der Waals surface area contributed by atoms with Crippen molar-refractivity contribution in [2.45, 2.75) is 71.1 Å². The Labute approximate surface area is 204 Å². The summed E-state index contributed by atoms with van der Waals surface area (Å²) in [6.07, 6.45) is 3.98. The molecule has 0 bridgehead atoms. The van der Waals surface area contributed by atoms with Crippen LogP contribution < -0.4 is 16.2 Å².